The van der Waals surface area contributed by atoms with Gasteiger partial charge in [0.2, 0.25) is 5.91 Å². The fourth-order valence-corrected chi connectivity index (χ4v) is 3.12. The molecule has 110 valence electrons. The van der Waals surface area contributed by atoms with E-state index in [9.17, 15) is 9.90 Å². The monoisotopic (exact) mass is 340 g/mol. The number of nitrogens with zero attached hydrogens (tertiary/aromatic N) is 1. The molecular formula is C15H21BrN2O2. The van der Waals surface area contributed by atoms with Gasteiger partial charge in [0, 0.05) is 24.6 Å². The summed E-state index contributed by atoms with van der Waals surface area (Å²) in [5.41, 5.74) is 0.904. The summed E-state index contributed by atoms with van der Waals surface area (Å²) in [6.45, 7) is 2.24. The number of nitrogens with one attached hydrogen (secondary N) is 1. The van der Waals surface area contributed by atoms with Crippen molar-refractivity contribution in [3.63, 3.8) is 0 Å². The van der Waals surface area contributed by atoms with E-state index < -0.39 is 6.10 Å². The molecule has 1 heterocycles. The van der Waals surface area contributed by atoms with Crippen molar-refractivity contribution >= 4 is 21.8 Å². The van der Waals surface area contributed by atoms with E-state index in [4.69, 9.17) is 0 Å². The summed E-state index contributed by atoms with van der Waals surface area (Å²) in [5, 5.41) is 13.0. The largest absolute Gasteiger partial charge is 0.387 e. The van der Waals surface area contributed by atoms with Crippen molar-refractivity contribution in [2.75, 3.05) is 26.7 Å². The zero-order chi connectivity index (χ0) is 14.5. The minimum absolute atomic E-state index is 0.0449. The lowest BCUT2D eigenvalue weighted by atomic mass is 9.96. The van der Waals surface area contributed by atoms with E-state index in [2.05, 4.69) is 26.1 Å². The highest BCUT2D eigenvalue weighted by molar-refractivity contribution is 9.10. The molecule has 1 saturated heterocycles. The van der Waals surface area contributed by atoms with E-state index in [0.29, 0.717) is 6.54 Å². The number of carbonyl (C=O) groups is 1. The Kier molecular flexibility index (Phi) is 5.57. The molecule has 0 aliphatic carbocycles. The van der Waals surface area contributed by atoms with Gasteiger partial charge >= 0.3 is 0 Å². The number of halogens is 1. The second kappa shape index (κ2) is 7.20. The van der Waals surface area contributed by atoms with Crippen LogP contribution in [0, 0.1) is 5.92 Å². The Morgan fingerprint density at radius 3 is 3.10 bits per heavy atom. The highest BCUT2D eigenvalue weighted by atomic mass is 79.9. The van der Waals surface area contributed by atoms with E-state index in [1.165, 1.54) is 0 Å². The van der Waals surface area contributed by atoms with Crippen LogP contribution in [-0.2, 0) is 4.79 Å². The van der Waals surface area contributed by atoms with Gasteiger partial charge in [-0.15, -0.1) is 0 Å². The van der Waals surface area contributed by atoms with Crippen LogP contribution in [0.25, 0.3) is 0 Å². The van der Waals surface area contributed by atoms with Crippen LogP contribution in [-0.4, -0.2) is 42.6 Å². The molecule has 0 spiro atoms. The zero-order valence-corrected chi connectivity index (χ0v) is 13.3. The van der Waals surface area contributed by atoms with Crippen molar-refractivity contribution < 1.29 is 9.90 Å². The highest BCUT2D eigenvalue weighted by Crippen LogP contribution is 2.22. The topological polar surface area (TPSA) is 52.6 Å². The predicted molar refractivity (Wildman–Crippen MR) is 82.3 cm³/mol. The maximum absolute atomic E-state index is 11.7. The van der Waals surface area contributed by atoms with Gasteiger partial charge in [0.05, 0.1) is 12.0 Å². The molecule has 2 atom stereocenters. The zero-order valence-electron chi connectivity index (χ0n) is 11.7. The third-order valence-electron chi connectivity index (χ3n) is 3.79. The lowest BCUT2D eigenvalue weighted by molar-refractivity contribution is -0.126. The molecule has 1 amide bonds. The van der Waals surface area contributed by atoms with Crippen LogP contribution in [0.2, 0.25) is 0 Å². The molecule has 4 nitrogen and oxygen atoms in total. The summed E-state index contributed by atoms with van der Waals surface area (Å²) < 4.78 is 0.968. The fraction of sp³-hybridized carbons (Fsp3) is 0.533. The lowest BCUT2D eigenvalue weighted by Gasteiger charge is -2.33. The van der Waals surface area contributed by atoms with Gasteiger partial charge in [-0.3, -0.25) is 9.69 Å². The number of hydrogen-bond acceptors (Lipinski definition) is 3. The third kappa shape index (κ3) is 4.04. The number of β-amino-alcohol motifs (C(OH)–C–C–N with tert-alkyl or cyclic N) is 1. The summed E-state index contributed by atoms with van der Waals surface area (Å²) in [5.74, 6) is 0.148. The first-order chi connectivity index (χ1) is 9.60. The minimum Gasteiger partial charge on any atom is -0.387 e. The lowest BCUT2D eigenvalue weighted by Crippen LogP contribution is -2.43. The molecule has 0 radical (unpaired) electrons. The van der Waals surface area contributed by atoms with Crippen molar-refractivity contribution in [2.24, 2.45) is 5.92 Å². The molecule has 2 rings (SSSR count). The van der Waals surface area contributed by atoms with Crippen LogP contribution in [0.5, 0.6) is 0 Å². The third-order valence-corrected chi connectivity index (χ3v) is 4.28. The number of aliphatic hydroxyl groups is 1. The van der Waals surface area contributed by atoms with Gasteiger partial charge in [-0.25, -0.2) is 0 Å². The molecule has 1 fully saturated rings. The van der Waals surface area contributed by atoms with Crippen molar-refractivity contribution in [3.8, 4) is 0 Å². The Hall–Kier alpha value is -0.910. The Balaban J connectivity index is 1.94. The number of aliphatic hydroxyl groups excluding tert-OH is 1. The van der Waals surface area contributed by atoms with Gasteiger partial charge in [-0.1, -0.05) is 28.1 Å². The quantitative estimate of drug-likeness (QED) is 0.880. The smallest absolute Gasteiger partial charge is 0.224 e. The summed E-state index contributed by atoms with van der Waals surface area (Å²) in [7, 11) is 1.68. The summed E-state index contributed by atoms with van der Waals surface area (Å²) >= 11 is 3.42. The van der Waals surface area contributed by atoms with Crippen LogP contribution in [0.4, 0.5) is 0 Å². The van der Waals surface area contributed by atoms with Crippen molar-refractivity contribution in [1.82, 2.24) is 10.2 Å². The predicted octanol–water partition coefficient (Wildman–Crippen LogP) is 1.94. The molecule has 0 saturated carbocycles. The molecular weight excluding hydrogens is 320 g/mol. The van der Waals surface area contributed by atoms with Crippen LogP contribution in [0.15, 0.2) is 28.7 Å². The Bertz CT molecular complexity index is 467. The van der Waals surface area contributed by atoms with E-state index in [1.807, 2.05) is 24.3 Å². The number of rotatable bonds is 4. The van der Waals surface area contributed by atoms with Crippen LogP contribution < -0.4 is 5.32 Å². The first-order valence-corrected chi connectivity index (χ1v) is 7.77. The molecule has 0 bridgehead atoms. The molecule has 1 aromatic rings. The van der Waals surface area contributed by atoms with Gasteiger partial charge in [-0.2, -0.15) is 0 Å². The number of hydrogen-bond donors (Lipinski definition) is 2. The molecule has 2 N–H and O–H groups in total. The van der Waals surface area contributed by atoms with Gasteiger partial charge < -0.3 is 10.4 Å². The van der Waals surface area contributed by atoms with Crippen molar-refractivity contribution in [1.29, 1.82) is 0 Å². The van der Waals surface area contributed by atoms with Gasteiger partial charge in [0.15, 0.2) is 0 Å². The summed E-state index contributed by atoms with van der Waals surface area (Å²) in [4.78, 5) is 13.9. The van der Waals surface area contributed by atoms with Crippen molar-refractivity contribution in [3.05, 3.63) is 34.3 Å². The van der Waals surface area contributed by atoms with Gasteiger partial charge in [0.1, 0.15) is 0 Å². The van der Waals surface area contributed by atoms with Crippen LogP contribution in [0.1, 0.15) is 24.5 Å². The first-order valence-electron chi connectivity index (χ1n) is 6.97. The van der Waals surface area contributed by atoms with E-state index >= 15 is 0 Å². The minimum atomic E-state index is -0.518. The summed E-state index contributed by atoms with van der Waals surface area (Å²) in [6, 6.07) is 7.73. The number of carbonyl (C=O) groups excluding carboxylic acids is 1. The molecule has 20 heavy (non-hydrogen) atoms. The fourth-order valence-electron chi connectivity index (χ4n) is 2.70. The second-order valence-corrected chi connectivity index (χ2v) is 6.20. The Morgan fingerprint density at radius 1 is 1.60 bits per heavy atom. The molecule has 0 aromatic heterocycles. The molecule has 1 aromatic carbocycles. The average molecular weight is 341 g/mol. The van der Waals surface area contributed by atoms with E-state index in [0.717, 1.165) is 36.0 Å². The van der Waals surface area contributed by atoms with E-state index in [1.54, 1.807) is 7.05 Å². The van der Waals surface area contributed by atoms with Gasteiger partial charge in [0.25, 0.3) is 0 Å². The maximum Gasteiger partial charge on any atom is 0.224 e. The number of benzene rings is 1. The molecule has 5 heteroatoms. The second-order valence-electron chi connectivity index (χ2n) is 5.28. The standard InChI is InChI=1S/C15H21BrN2O2/c1-17-15(20)12-5-3-7-18(9-12)10-14(19)11-4-2-6-13(16)8-11/h2,4,6,8,12,14,19H,3,5,7,9-10H2,1H3,(H,17,20). The van der Waals surface area contributed by atoms with Gasteiger partial charge in [-0.05, 0) is 37.1 Å². The number of likely N-dealkylation sites (tertiary alicyclic amines) is 1. The normalized spacial score (nSPS) is 21.4. The van der Waals surface area contributed by atoms with Crippen LogP contribution in [0.3, 0.4) is 0 Å². The highest BCUT2D eigenvalue weighted by Gasteiger charge is 2.26. The van der Waals surface area contributed by atoms with Crippen LogP contribution >= 0.6 is 15.9 Å². The Morgan fingerprint density at radius 2 is 2.40 bits per heavy atom. The average Bonchev–Trinajstić information content (AvgIpc) is 2.46. The first kappa shape index (κ1) is 15.5. The Labute approximate surface area is 128 Å². The number of amides is 1. The molecule has 2 unspecified atom stereocenters. The van der Waals surface area contributed by atoms with Crippen molar-refractivity contribution in [2.45, 2.75) is 18.9 Å². The SMILES string of the molecule is CNC(=O)C1CCCN(CC(O)c2cccc(Br)c2)C1. The molecule has 1 aliphatic heterocycles. The maximum atomic E-state index is 11.7. The number of piperidine rings is 1. The summed E-state index contributed by atoms with van der Waals surface area (Å²) in [6.07, 6.45) is 1.42. The molecule has 1 aliphatic rings. The van der Waals surface area contributed by atoms with E-state index in [-0.39, 0.29) is 11.8 Å².